The first-order valence-electron chi connectivity index (χ1n) is 11.6. The van der Waals surface area contributed by atoms with Gasteiger partial charge in [-0.1, -0.05) is 51.1 Å². The van der Waals surface area contributed by atoms with Crippen molar-refractivity contribution < 1.29 is 13.6 Å². The molecule has 1 N–H and O–H groups in total. The highest BCUT2D eigenvalue weighted by atomic mass is 16.4. The quantitative estimate of drug-likeness (QED) is 0.282. The van der Waals surface area contributed by atoms with Gasteiger partial charge in [-0.2, -0.15) is 0 Å². The highest BCUT2D eigenvalue weighted by Gasteiger charge is 2.22. The lowest BCUT2D eigenvalue weighted by molar-refractivity contribution is 0.102. The average Bonchev–Trinajstić information content (AvgIpc) is 3.17. The summed E-state index contributed by atoms with van der Waals surface area (Å²) in [5, 5.41) is 4.57. The highest BCUT2D eigenvalue weighted by Crippen LogP contribution is 2.41. The lowest BCUT2D eigenvalue weighted by Crippen LogP contribution is -2.14. The summed E-state index contributed by atoms with van der Waals surface area (Å²) in [5.74, 6) is 0.173. The third-order valence-electron chi connectivity index (χ3n) is 6.27. The van der Waals surface area contributed by atoms with Crippen LogP contribution in [0.5, 0.6) is 0 Å². The van der Waals surface area contributed by atoms with E-state index in [-0.39, 0.29) is 11.3 Å². The fourth-order valence-corrected chi connectivity index (χ4v) is 4.47. The Morgan fingerprint density at radius 1 is 0.857 bits per heavy atom. The second kappa shape index (κ2) is 8.27. The molecule has 0 spiro atoms. The summed E-state index contributed by atoms with van der Waals surface area (Å²) in [5.41, 5.74) is 5.33. The Balaban J connectivity index is 1.67. The maximum absolute atomic E-state index is 13.3. The molecule has 2 aromatic heterocycles. The van der Waals surface area contributed by atoms with Gasteiger partial charge in [0.25, 0.3) is 5.91 Å². The largest absolute Gasteiger partial charge is 0.454 e. The topological polar surface area (TPSA) is 72.5 Å². The van der Waals surface area contributed by atoms with Crippen molar-refractivity contribution in [1.82, 2.24) is 0 Å². The van der Waals surface area contributed by atoms with Crippen LogP contribution < -0.4 is 10.9 Å². The van der Waals surface area contributed by atoms with E-state index in [1.165, 1.54) is 6.07 Å². The van der Waals surface area contributed by atoms with Crippen LogP contribution in [-0.4, -0.2) is 5.91 Å². The van der Waals surface area contributed by atoms with Crippen molar-refractivity contribution in [2.75, 3.05) is 5.32 Å². The second-order valence-corrected chi connectivity index (χ2v) is 10.0. The van der Waals surface area contributed by atoms with Crippen LogP contribution in [0.1, 0.15) is 47.8 Å². The van der Waals surface area contributed by atoms with Gasteiger partial charge in [0.05, 0.1) is 5.69 Å². The van der Waals surface area contributed by atoms with Gasteiger partial charge in [-0.3, -0.25) is 4.79 Å². The maximum Gasteiger partial charge on any atom is 0.336 e. The summed E-state index contributed by atoms with van der Waals surface area (Å²) in [7, 11) is 0. The van der Waals surface area contributed by atoms with E-state index in [9.17, 15) is 9.59 Å². The molecule has 0 bridgehead atoms. The molecule has 2 heterocycles. The van der Waals surface area contributed by atoms with Crippen molar-refractivity contribution in [1.29, 1.82) is 0 Å². The summed E-state index contributed by atoms with van der Waals surface area (Å²) in [6.45, 7) is 10.3. The maximum atomic E-state index is 13.3. The second-order valence-electron chi connectivity index (χ2n) is 10.0. The first kappa shape index (κ1) is 22.7. The van der Waals surface area contributed by atoms with Crippen molar-refractivity contribution in [2.24, 2.45) is 0 Å². The number of benzene rings is 3. The van der Waals surface area contributed by atoms with Gasteiger partial charge in [0.1, 0.15) is 11.2 Å². The predicted molar refractivity (Wildman–Crippen MR) is 140 cm³/mol. The van der Waals surface area contributed by atoms with Gasteiger partial charge >= 0.3 is 5.63 Å². The van der Waals surface area contributed by atoms with Gasteiger partial charge in [-0.25, -0.2) is 4.79 Å². The van der Waals surface area contributed by atoms with Crippen LogP contribution in [0.4, 0.5) is 5.69 Å². The molecule has 0 radical (unpaired) electrons. The van der Waals surface area contributed by atoms with Crippen LogP contribution in [0, 0.1) is 13.8 Å². The van der Waals surface area contributed by atoms with Crippen molar-refractivity contribution in [3.8, 4) is 11.3 Å². The molecule has 5 nitrogen and oxygen atoms in total. The molecule has 5 rings (SSSR count). The normalized spacial score (nSPS) is 11.8. The van der Waals surface area contributed by atoms with E-state index >= 15 is 0 Å². The third kappa shape index (κ3) is 4.14. The van der Waals surface area contributed by atoms with E-state index in [4.69, 9.17) is 8.83 Å². The summed E-state index contributed by atoms with van der Waals surface area (Å²) >= 11 is 0. The number of carbonyl (C=O) groups is 1. The number of hydrogen-bond acceptors (Lipinski definition) is 4. The van der Waals surface area contributed by atoms with Crippen molar-refractivity contribution >= 4 is 33.5 Å². The lowest BCUT2D eigenvalue weighted by atomic mass is 9.86. The molecule has 35 heavy (non-hydrogen) atoms. The monoisotopic (exact) mass is 465 g/mol. The van der Waals surface area contributed by atoms with Crippen molar-refractivity contribution in [3.05, 3.63) is 99.4 Å². The first-order chi connectivity index (χ1) is 16.6. The van der Waals surface area contributed by atoms with Crippen molar-refractivity contribution in [3.63, 3.8) is 0 Å². The van der Waals surface area contributed by atoms with Gasteiger partial charge in [-0.05, 0) is 66.3 Å². The Bertz CT molecular complexity index is 1650. The third-order valence-corrected chi connectivity index (χ3v) is 6.27. The number of carbonyl (C=O) groups excluding carboxylic acids is 1. The molecule has 0 saturated heterocycles. The van der Waals surface area contributed by atoms with Crippen LogP contribution in [0.25, 0.3) is 33.3 Å². The number of hydrogen-bond donors (Lipinski definition) is 1. The molecular weight excluding hydrogens is 438 g/mol. The Labute approximate surface area is 203 Å². The Hall–Kier alpha value is -4.12. The van der Waals surface area contributed by atoms with E-state index in [0.717, 1.165) is 27.5 Å². The van der Waals surface area contributed by atoms with Gasteiger partial charge in [0.2, 0.25) is 0 Å². The molecular formula is C30H27NO4. The molecule has 0 atom stereocenters. The zero-order valence-corrected chi connectivity index (χ0v) is 20.5. The first-order valence-corrected chi connectivity index (χ1v) is 11.6. The van der Waals surface area contributed by atoms with Gasteiger partial charge in [0, 0.05) is 28.0 Å². The smallest absolute Gasteiger partial charge is 0.336 e. The molecule has 3 aromatic carbocycles. The number of anilines is 1. The zero-order chi connectivity index (χ0) is 24.9. The van der Waals surface area contributed by atoms with Crippen LogP contribution in [0.2, 0.25) is 0 Å². The Kier molecular flexibility index (Phi) is 5.36. The summed E-state index contributed by atoms with van der Waals surface area (Å²) in [6.07, 6.45) is 0. The number of para-hydroxylation sites is 1. The fraction of sp³-hybridized carbons (Fsp3) is 0.200. The van der Waals surface area contributed by atoms with Crippen LogP contribution in [0.15, 0.2) is 80.4 Å². The number of aryl methyl sites for hydroxylation is 2. The minimum atomic E-state index is -0.477. The van der Waals surface area contributed by atoms with E-state index < -0.39 is 5.63 Å². The predicted octanol–water partition coefficient (Wildman–Crippen LogP) is 7.37. The van der Waals surface area contributed by atoms with Gasteiger partial charge in [0.15, 0.2) is 5.76 Å². The van der Waals surface area contributed by atoms with Crippen molar-refractivity contribution in [2.45, 2.75) is 40.0 Å². The fourth-order valence-electron chi connectivity index (χ4n) is 4.47. The van der Waals surface area contributed by atoms with Gasteiger partial charge < -0.3 is 14.2 Å². The van der Waals surface area contributed by atoms with E-state index in [1.54, 1.807) is 0 Å². The standard InChI is InChI=1S/C30H27NO4/c1-17-14-18(2)27-22(15-17)23(16-25(32)35-27)28-26(21-8-6-7-9-24(21)34-28)31-29(33)19-10-12-20(13-11-19)30(3,4)5/h6-16H,1-5H3,(H,31,33). The van der Waals surface area contributed by atoms with Crippen LogP contribution in [-0.2, 0) is 5.41 Å². The summed E-state index contributed by atoms with van der Waals surface area (Å²) < 4.78 is 11.8. The van der Waals surface area contributed by atoms with Crippen LogP contribution in [0.3, 0.4) is 0 Å². The van der Waals surface area contributed by atoms with E-state index in [1.807, 2.05) is 74.5 Å². The molecule has 0 aliphatic rings. The number of nitrogens with one attached hydrogen (secondary N) is 1. The summed E-state index contributed by atoms with van der Waals surface area (Å²) in [4.78, 5) is 25.8. The molecule has 1 amide bonds. The SMILES string of the molecule is Cc1cc(C)c2oc(=O)cc(-c3oc4ccccc4c3NC(=O)c3ccc(C(C)(C)C)cc3)c2c1. The zero-order valence-electron chi connectivity index (χ0n) is 20.5. The number of fused-ring (bicyclic) bond motifs is 2. The molecule has 0 aliphatic heterocycles. The Morgan fingerprint density at radius 3 is 2.29 bits per heavy atom. The highest BCUT2D eigenvalue weighted by molar-refractivity contribution is 6.13. The molecule has 0 unspecified atom stereocenters. The average molecular weight is 466 g/mol. The minimum Gasteiger partial charge on any atom is -0.454 e. The van der Waals surface area contributed by atoms with Gasteiger partial charge in [-0.15, -0.1) is 0 Å². The molecule has 5 heteroatoms. The number of rotatable bonds is 3. The minimum absolute atomic E-state index is 0.00530. The van der Waals surface area contributed by atoms with Crippen LogP contribution >= 0.6 is 0 Å². The Morgan fingerprint density at radius 2 is 1.57 bits per heavy atom. The molecule has 5 aromatic rings. The number of furan rings is 1. The number of amides is 1. The van der Waals surface area contributed by atoms with E-state index in [2.05, 4.69) is 26.1 Å². The summed E-state index contributed by atoms with van der Waals surface area (Å²) in [6, 6.07) is 20.5. The lowest BCUT2D eigenvalue weighted by Gasteiger charge is -2.19. The molecule has 0 saturated carbocycles. The molecule has 0 aliphatic carbocycles. The molecule has 176 valence electrons. The molecule has 0 fully saturated rings. The van der Waals surface area contributed by atoms with E-state index in [0.29, 0.717) is 33.7 Å².